The normalized spacial score (nSPS) is 15.8. The van der Waals surface area contributed by atoms with Crippen LogP contribution < -0.4 is 10.2 Å². The van der Waals surface area contributed by atoms with Crippen LogP contribution in [0.2, 0.25) is 5.02 Å². The van der Waals surface area contributed by atoms with Crippen molar-refractivity contribution < 1.29 is 9.69 Å². The van der Waals surface area contributed by atoms with Crippen LogP contribution in [-0.4, -0.2) is 25.5 Å². The van der Waals surface area contributed by atoms with E-state index in [-0.39, 0.29) is 5.91 Å². The Bertz CT molecular complexity index is 504. The Morgan fingerprint density at radius 1 is 1.37 bits per heavy atom. The summed E-state index contributed by atoms with van der Waals surface area (Å²) in [5.74, 6) is -0.0596. The molecule has 1 fully saturated rings. The lowest BCUT2D eigenvalue weighted by Crippen LogP contribution is -3.13. The van der Waals surface area contributed by atoms with E-state index in [4.69, 9.17) is 16.9 Å². The lowest BCUT2D eigenvalue weighted by atomic mass is 10.1. The van der Waals surface area contributed by atoms with Crippen LogP contribution in [0.4, 0.5) is 5.69 Å². The molecular formula is C14H17ClN3O+. The second-order valence-corrected chi connectivity index (χ2v) is 5.27. The Labute approximate surface area is 118 Å². The average molecular weight is 279 g/mol. The molecule has 0 radical (unpaired) electrons. The van der Waals surface area contributed by atoms with Crippen molar-refractivity contribution in [3.05, 3.63) is 28.8 Å². The SMILES string of the molecule is N#Cc1ccc(Cl)cc1NC(=O)C[NH+]1CCCCC1. The van der Waals surface area contributed by atoms with E-state index in [1.165, 1.54) is 24.2 Å². The van der Waals surface area contributed by atoms with Gasteiger partial charge < -0.3 is 10.2 Å². The minimum absolute atomic E-state index is 0.0596. The minimum atomic E-state index is -0.0596. The van der Waals surface area contributed by atoms with Gasteiger partial charge in [0.05, 0.1) is 24.3 Å². The molecule has 100 valence electrons. The van der Waals surface area contributed by atoms with E-state index >= 15 is 0 Å². The summed E-state index contributed by atoms with van der Waals surface area (Å²) in [6.45, 7) is 2.56. The molecule has 1 saturated heterocycles. The molecule has 4 nitrogen and oxygen atoms in total. The number of amides is 1. The van der Waals surface area contributed by atoms with Crippen molar-refractivity contribution >= 4 is 23.2 Å². The van der Waals surface area contributed by atoms with Crippen LogP contribution in [0.1, 0.15) is 24.8 Å². The molecule has 0 bridgehead atoms. The predicted molar refractivity (Wildman–Crippen MR) is 74.2 cm³/mol. The Hall–Kier alpha value is -1.57. The van der Waals surface area contributed by atoms with Gasteiger partial charge in [0.15, 0.2) is 6.54 Å². The number of quaternary nitrogens is 1. The largest absolute Gasteiger partial charge is 0.327 e. The van der Waals surface area contributed by atoms with Crippen LogP contribution in [0, 0.1) is 11.3 Å². The monoisotopic (exact) mass is 278 g/mol. The first kappa shape index (κ1) is 13.9. The molecule has 0 unspecified atom stereocenters. The highest BCUT2D eigenvalue weighted by molar-refractivity contribution is 6.31. The summed E-state index contributed by atoms with van der Waals surface area (Å²) in [7, 11) is 0. The second-order valence-electron chi connectivity index (χ2n) is 4.84. The highest BCUT2D eigenvalue weighted by Gasteiger charge is 2.18. The van der Waals surface area contributed by atoms with E-state index in [1.54, 1.807) is 18.2 Å². The molecule has 1 aliphatic rings. The van der Waals surface area contributed by atoms with Gasteiger partial charge in [0.1, 0.15) is 6.07 Å². The summed E-state index contributed by atoms with van der Waals surface area (Å²) < 4.78 is 0. The number of nitrogens with one attached hydrogen (secondary N) is 2. The number of benzene rings is 1. The third-order valence-corrected chi connectivity index (χ3v) is 3.58. The standard InChI is InChI=1S/C14H16ClN3O/c15-12-5-4-11(9-16)13(8-12)17-14(19)10-18-6-2-1-3-7-18/h4-5,8H,1-3,6-7,10H2,(H,17,19)/p+1. The Morgan fingerprint density at radius 2 is 2.11 bits per heavy atom. The highest BCUT2D eigenvalue weighted by atomic mass is 35.5. The molecule has 0 spiro atoms. The van der Waals surface area contributed by atoms with Crippen molar-refractivity contribution in [1.82, 2.24) is 0 Å². The maximum absolute atomic E-state index is 12.0. The lowest BCUT2D eigenvalue weighted by Gasteiger charge is -2.22. The van der Waals surface area contributed by atoms with Gasteiger partial charge in [-0.25, -0.2) is 0 Å². The van der Waals surface area contributed by atoms with Gasteiger partial charge in [0, 0.05) is 5.02 Å². The van der Waals surface area contributed by atoms with Gasteiger partial charge in [0.25, 0.3) is 5.91 Å². The fraction of sp³-hybridized carbons (Fsp3) is 0.429. The second kappa shape index (κ2) is 6.55. The molecule has 0 saturated carbocycles. The average Bonchev–Trinajstić information content (AvgIpc) is 2.40. The molecule has 1 aliphatic heterocycles. The molecular weight excluding hydrogens is 262 g/mol. The molecule has 0 aromatic heterocycles. The molecule has 5 heteroatoms. The van der Waals surface area contributed by atoms with Crippen molar-refractivity contribution in [1.29, 1.82) is 5.26 Å². The zero-order chi connectivity index (χ0) is 13.7. The van der Waals surface area contributed by atoms with E-state index in [0.29, 0.717) is 22.8 Å². The van der Waals surface area contributed by atoms with E-state index < -0.39 is 0 Å². The number of halogens is 1. The van der Waals surface area contributed by atoms with Crippen molar-refractivity contribution in [2.45, 2.75) is 19.3 Å². The van der Waals surface area contributed by atoms with Crippen molar-refractivity contribution in [2.75, 3.05) is 25.0 Å². The molecule has 1 heterocycles. The molecule has 2 rings (SSSR count). The number of nitrogens with zero attached hydrogens (tertiary/aromatic N) is 1. The third-order valence-electron chi connectivity index (χ3n) is 3.35. The number of hydrogen-bond donors (Lipinski definition) is 2. The smallest absolute Gasteiger partial charge is 0.279 e. The minimum Gasteiger partial charge on any atom is -0.327 e. The molecule has 1 aromatic rings. The van der Waals surface area contributed by atoms with Gasteiger partial charge in [-0.15, -0.1) is 0 Å². The predicted octanol–water partition coefficient (Wildman–Crippen LogP) is 1.22. The summed E-state index contributed by atoms with van der Waals surface area (Å²) in [5, 5.41) is 12.3. The van der Waals surface area contributed by atoms with Crippen LogP contribution in [-0.2, 0) is 4.79 Å². The Morgan fingerprint density at radius 3 is 2.79 bits per heavy atom. The van der Waals surface area contributed by atoms with Gasteiger partial charge in [-0.05, 0) is 37.5 Å². The molecule has 0 aliphatic carbocycles. The van der Waals surface area contributed by atoms with E-state index in [2.05, 4.69) is 11.4 Å². The van der Waals surface area contributed by atoms with E-state index in [0.717, 1.165) is 13.1 Å². The molecule has 0 atom stereocenters. The van der Waals surface area contributed by atoms with Gasteiger partial charge >= 0.3 is 0 Å². The van der Waals surface area contributed by atoms with Crippen LogP contribution >= 0.6 is 11.6 Å². The number of carbonyl (C=O) groups is 1. The first-order valence-electron chi connectivity index (χ1n) is 6.52. The van der Waals surface area contributed by atoms with Crippen molar-refractivity contribution in [3.63, 3.8) is 0 Å². The highest BCUT2D eigenvalue weighted by Crippen LogP contribution is 2.20. The summed E-state index contributed by atoms with van der Waals surface area (Å²) in [6.07, 6.45) is 3.63. The van der Waals surface area contributed by atoms with Gasteiger partial charge in [-0.2, -0.15) is 5.26 Å². The Kier molecular flexibility index (Phi) is 4.78. The summed E-state index contributed by atoms with van der Waals surface area (Å²) >= 11 is 5.88. The summed E-state index contributed by atoms with van der Waals surface area (Å²) in [5.41, 5.74) is 0.933. The van der Waals surface area contributed by atoms with Crippen LogP contribution in [0.15, 0.2) is 18.2 Å². The zero-order valence-electron chi connectivity index (χ0n) is 10.7. The summed E-state index contributed by atoms with van der Waals surface area (Å²) in [4.78, 5) is 13.3. The van der Waals surface area contributed by atoms with E-state index in [1.807, 2.05) is 0 Å². The van der Waals surface area contributed by atoms with Gasteiger partial charge in [0.2, 0.25) is 0 Å². The molecule has 1 aromatic carbocycles. The van der Waals surface area contributed by atoms with Crippen molar-refractivity contribution in [3.8, 4) is 6.07 Å². The first-order valence-corrected chi connectivity index (χ1v) is 6.90. The number of piperidine rings is 1. The number of nitriles is 1. The van der Waals surface area contributed by atoms with E-state index in [9.17, 15) is 4.79 Å². The molecule has 2 N–H and O–H groups in total. The Balaban J connectivity index is 1.98. The fourth-order valence-electron chi connectivity index (χ4n) is 2.37. The van der Waals surface area contributed by atoms with Crippen LogP contribution in [0.3, 0.4) is 0 Å². The molecule has 1 amide bonds. The number of anilines is 1. The number of carbonyl (C=O) groups excluding carboxylic acids is 1. The zero-order valence-corrected chi connectivity index (χ0v) is 11.5. The third kappa shape index (κ3) is 3.95. The number of likely N-dealkylation sites (tertiary alicyclic amines) is 1. The maximum Gasteiger partial charge on any atom is 0.279 e. The number of rotatable bonds is 3. The summed E-state index contributed by atoms with van der Waals surface area (Å²) in [6, 6.07) is 6.93. The maximum atomic E-state index is 12.0. The quantitative estimate of drug-likeness (QED) is 0.873. The fourth-order valence-corrected chi connectivity index (χ4v) is 2.54. The molecule has 19 heavy (non-hydrogen) atoms. The van der Waals surface area contributed by atoms with Gasteiger partial charge in [-0.1, -0.05) is 11.6 Å². The lowest BCUT2D eigenvalue weighted by molar-refractivity contribution is -0.896. The number of hydrogen-bond acceptors (Lipinski definition) is 2. The van der Waals surface area contributed by atoms with Crippen LogP contribution in [0.25, 0.3) is 0 Å². The topological polar surface area (TPSA) is 57.3 Å². The van der Waals surface area contributed by atoms with Gasteiger partial charge in [-0.3, -0.25) is 4.79 Å². The first-order chi connectivity index (χ1) is 9.19. The van der Waals surface area contributed by atoms with Crippen LogP contribution in [0.5, 0.6) is 0 Å². The van der Waals surface area contributed by atoms with Crippen molar-refractivity contribution in [2.24, 2.45) is 0 Å².